The number of pyridine rings is 1. The molecule has 0 saturated carbocycles. The number of H-pyrrole nitrogens is 1. The molecule has 0 aliphatic heterocycles. The minimum Gasteiger partial charge on any atom is -0.384 e. The molecule has 2 rings (SSSR count). The third kappa shape index (κ3) is 1.51. The van der Waals surface area contributed by atoms with Crippen molar-refractivity contribution in [2.75, 3.05) is 5.73 Å². The van der Waals surface area contributed by atoms with Crippen LogP contribution in [0.15, 0.2) is 24.5 Å². The first-order valence-corrected chi connectivity index (χ1v) is 3.99. The zero-order valence-electron chi connectivity index (χ0n) is 7.28. The highest BCUT2D eigenvalue weighted by Gasteiger charge is 2.00. The minimum absolute atomic E-state index is 0.518. The van der Waals surface area contributed by atoms with E-state index in [9.17, 15) is 0 Å². The van der Waals surface area contributed by atoms with Crippen molar-refractivity contribution in [3.63, 3.8) is 0 Å². The van der Waals surface area contributed by atoms with Gasteiger partial charge in [-0.05, 0) is 19.1 Å². The summed E-state index contributed by atoms with van der Waals surface area (Å²) in [5, 5.41) is 0. The SMILES string of the molecule is Cc1ncc(-c2ccnc(N)c2)[nH]1. The fraction of sp³-hybridized carbons (Fsp3) is 0.111. The molecule has 0 spiro atoms. The van der Waals surface area contributed by atoms with E-state index < -0.39 is 0 Å². The average Bonchev–Trinajstić information content (AvgIpc) is 2.52. The van der Waals surface area contributed by atoms with Crippen LogP contribution < -0.4 is 5.73 Å². The third-order valence-electron chi connectivity index (χ3n) is 1.79. The molecule has 66 valence electrons. The number of nitrogens with zero attached hydrogens (tertiary/aromatic N) is 2. The summed E-state index contributed by atoms with van der Waals surface area (Å²) in [5.74, 6) is 1.41. The van der Waals surface area contributed by atoms with Crippen LogP contribution in [-0.4, -0.2) is 15.0 Å². The maximum atomic E-state index is 5.56. The number of nitrogens with two attached hydrogens (primary N) is 1. The average molecular weight is 174 g/mol. The predicted octanol–water partition coefficient (Wildman–Crippen LogP) is 1.36. The summed E-state index contributed by atoms with van der Waals surface area (Å²) in [4.78, 5) is 11.1. The molecule has 0 fully saturated rings. The van der Waals surface area contributed by atoms with E-state index in [2.05, 4.69) is 15.0 Å². The molecule has 0 aliphatic rings. The number of imidazole rings is 1. The zero-order chi connectivity index (χ0) is 9.26. The van der Waals surface area contributed by atoms with Crippen LogP contribution in [0.4, 0.5) is 5.82 Å². The minimum atomic E-state index is 0.518. The van der Waals surface area contributed by atoms with Crippen molar-refractivity contribution in [3.8, 4) is 11.3 Å². The van der Waals surface area contributed by atoms with Gasteiger partial charge >= 0.3 is 0 Å². The molecule has 0 aliphatic carbocycles. The Morgan fingerprint density at radius 1 is 1.38 bits per heavy atom. The molecule has 0 saturated heterocycles. The van der Waals surface area contributed by atoms with Crippen LogP contribution in [-0.2, 0) is 0 Å². The van der Waals surface area contributed by atoms with Crippen LogP contribution in [0.1, 0.15) is 5.82 Å². The van der Waals surface area contributed by atoms with Gasteiger partial charge < -0.3 is 10.7 Å². The van der Waals surface area contributed by atoms with Crippen molar-refractivity contribution >= 4 is 5.82 Å². The molecular formula is C9H10N4. The molecule has 2 aromatic rings. The predicted molar refractivity (Wildman–Crippen MR) is 51.0 cm³/mol. The summed E-state index contributed by atoms with van der Waals surface area (Å²) in [6.45, 7) is 1.91. The largest absolute Gasteiger partial charge is 0.384 e. The van der Waals surface area contributed by atoms with Crippen LogP contribution in [0, 0.1) is 6.92 Å². The van der Waals surface area contributed by atoms with Crippen LogP contribution >= 0.6 is 0 Å². The van der Waals surface area contributed by atoms with E-state index in [0.29, 0.717) is 5.82 Å². The molecule has 4 heteroatoms. The second kappa shape index (κ2) is 2.90. The molecule has 4 nitrogen and oxygen atoms in total. The standard InChI is InChI=1S/C9H10N4/c1-6-12-5-8(13-6)7-2-3-11-9(10)4-7/h2-5H,1H3,(H2,10,11)(H,12,13). The highest BCUT2D eigenvalue weighted by Crippen LogP contribution is 2.17. The third-order valence-corrected chi connectivity index (χ3v) is 1.79. The summed E-state index contributed by atoms with van der Waals surface area (Å²) in [5.41, 5.74) is 7.53. The van der Waals surface area contributed by atoms with Gasteiger partial charge in [0.05, 0.1) is 11.9 Å². The molecule has 0 aromatic carbocycles. The highest BCUT2D eigenvalue weighted by atomic mass is 14.9. The Labute approximate surface area is 75.8 Å². The molecule has 2 heterocycles. The van der Waals surface area contributed by atoms with Gasteiger partial charge in [0.25, 0.3) is 0 Å². The lowest BCUT2D eigenvalue weighted by atomic mass is 10.2. The van der Waals surface area contributed by atoms with Gasteiger partial charge in [-0.25, -0.2) is 9.97 Å². The molecule has 3 N–H and O–H groups in total. The maximum Gasteiger partial charge on any atom is 0.123 e. The number of nitrogens with one attached hydrogen (secondary N) is 1. The Bertz CT molecular complexity index is 419. The van der Waals surface area contributed by atoms with Gasteiger partial charge in [0.2, 0.25) is 0 Å². The molecule has 0 atom stereocenters. The molecule has 0 radical (unpaired) electrons. The Morgan fingerprint density at radius 2 is 2.23 bits per heavy atom. The molecule has 2 aromatic heterocycles. The lowest BCUT2D eigenvalue weighted by Crippen LogP contribution is -1.89. The first kappa shape index (κ1) is 7.79. The van der Waals surface area contributed by atoms with Gasteiger partial charge in [-0.15, -0.1) is 0 Å². The Hall–Kier alpha value is -1.84. The Balaban J connectivity index is 2.46. The van der Waals surface area contributed by atoms with Gasteiger partial charge in [0, 0.05) is 11.8 Å². The van der Waals surface area contributed by atoms with E-state index in [1.165, 1.54) is 0 Å². The molecule has 0 bridgehead atoms. The number of rotatable bonds is 1. The van der Waals surface area contributed by atoms with Crippen LogP contribution in [0.5, 0.6) is 0 Å². The van der Waals surface area contributed by atoms with E-state index in [-0.39, 0.29) is 0 Å². The van der Waals surface area contributed by atoms with E-state index in [0.717, 1.165) is 17.1 Å². The van der Waals surface area contributed by atoms with Gasteiger partial charge in [-0.2, -0.15) is 0 Å². The number of aromatic nitrogens is 3. The van der Waals surface area contributed by atoms with Crippen molar-refractivity contribution in [2.24, 2.45) is 0 Å². The first-order chi connectivity index (χ1) is 6.25. The fourth-order valence-electron chi connectivity index (χ4n) is 1.18. The van der Waals surface area contributed by atoms with E-state index in [1.807, 2.05) is 19.1 Å². The Kier molecular flexibility index (Phi) is 1.73. The van der Waals surface area contributed by atoms with Gasteiger partial charge in [-0.1, -0.05) is 0 Å². The smallest absolute Gasteiger partial charge is 0.123 e. The number of aryl methyl sites for hydroxylation is 1. The first-order valence-electron chi connectivity index (χ1n) is 3.99. The second-order valence-electron chi connectivity index (χ2n) is 2.85. The summed E-state index contributed by atoms with van der Waals surface area (Å²) in [6, 6.07) is 3.70. The quantitative estimate of drug-likeness (QED) is 0.686. The van der Waals surface area contributed by atoms with Crippen LogP contribution in [0.25, 0.3) is 11.3 Å². The van der Waals surface area contributed by atoms with Gasteiger partial charge in [0.15, 0.2) is 0 Å². The van der Waals surface area contributed by atoms with Gasteiger partial charge in [-0.3, -0.25) is 0 Å². The number of nitrogen functional groups attached to an aromatic ring is 1. The zero-order valence-corrected chi connectivity index (χ0v) is 7.28. The molecule has 0 amide bonds. The fourth-order valence-corrected chi connectivity index (χ4v) is 1.18. The summed E-state index contributed by atoms with van der Waals surface area (Å²) in [6.07, 6.45) is 3.46. The van der Waals surface area contributed by atoms with E-state index >= 15 is 0 Å². The van der Waals surface area contributed by atoms with Crippen molar-refractivity contribution < 1.29 is 0 Å². The normalized spacial score (nSPS) is 10.2. The van der Waals surface area contributed by atoms with Gasteiger partial charge in [0.1, 0.15) is 11.6 Å². The summed E-state index contributed by atoms with van der Waals surface area (Å²) < 4.78 is 0. The van der Waals surface area contributed by atoms with Crippen molar-refractivity contribution in [1.29, 1.82) is 0 Å². The number of hydrogen-bond acceptors (Lipinski definition) is 3. The number of aromatic amines is 1. The highest BCUT2D eigenvalue weighted by molar-refractivity contribution is 5.61. The van der Waals surface area contributed by atoms with E-state index in [4.69, 9.17) is 5.73 Å². The maximum absolute atomic E-state index is 5.56. The Morgan fingerprint density at radius 3 is 2.85 bits per heavy atom. The van der Waals surface area contributed by atoms with Crippen LogP contribution in [0.2, 0.25) is 0 Å². The van der Waals surface area contributed by atoms with Crippen molar-refractivity contribution in [2.45, 2.75) is 6.92 Å². The lowest BCUT2D eigenvalue weighted by molar-refractivity contribution is 1.15. The molecular weight excluding hydrogens is 164 g/mol. The monoisotopic (exact) mass is 174 g/mol. The molecule has 0 unspecified atom stereocenters. The number of anilines is 1. The van der Waals surface area contributed by atoms with Crippen LogP contribution in [0.3, 0.4) is 0 Å². The second-order valence-corrected chi connectivity index (χ2v) is 2.85. The van der Waals surface area contributed by atoms with Crippen molar-refractivity contribution in [1.82, 2.24) is 15.0 Å². The number of hydrogen-bond donors (Lipinski definition) is 2. The summed E-state index contributed by atoms with van der Waals surface area (Å²) in [7, 11) is 0. The van der Waals surface area contributed by atoms with Crippen molar-refractivity contribution in [3.05, 3.63) is 30.4 Å². The lowest BCUT2D eigenvalue weighted by Gasteiger charge is -1.97. The topological polar surface area (TPSA) is 67.6 Å². The summed E-state index contributed by atoms with van der Waals surface area (Å²) >= 11 is 0. The molecule has 13 heavy (non-hydrogen) atoms. The van der Waals surface area contributed by atoms with E-state index in [1.54, 1.807) is 12.4 Å².